The molecule has 24 heavy (non-hydrogen) atoms. The van der Waals surface area contributed by atoms with Crippen LogP contribution in [0.2, 0.25) is 0 Å². The number of hydrogen-bond donors (Lipinski definition) is 3. The van der Waals surface area contributed by atoms with Crippen molar-refractivity contribution in [1.29, 1.82) is 0 Å². The van der Waals surface area contributed by atoms with Gasteiger partial charge in [0.1, 0.15) is 5.92 Å². The Morgan fingerprint density at radius 1 is 1.33 bits per heavy atom. The van der Waals surface area contributed by atoms with Crippen LogP contribution in [0.25, 0.3) is 0 Å². The minimum Gasteiger partial charge on any atom is -0.466 e. The number of carbonyl (C=O) groups is 2. The number of amides is 2. The molecule has 2 rings (SSSR count). The van der Waals surface area contributed by atoms with Gasteiger partial charge in [-0.15, -0.1) is 0 Å². The normalized spacial score (nSPS) is 27.2. The van der Waals surface area contributed by atoms with E-state index in [1.54, 1.807) is 31.2 Å². The summed E-state index contributed by atoms with van der Waals surface area (Å²) in [6, 6.07) is 5.35. The Kier molecular flexibility index (Phi) is 5.54. The van der Waals surface area contributed by atoms with Crippen molar-refractivity contribution in [3.8, 4) is 0 Å². The molecule has 0 aromatic heterocycles. The highest BCUT2D eigenvalue weighted by atomic mass is 35.6. The first-order valence-electron chi connectivity index (χ1n) is 7.21. The largest absolute Gasteiger partial charge is 0.466 e. The Labute approximate surface area is 154 Å². The number of halogens is 3. The Morgan fingerprint density at radius 2 is 1.92 bits per heavy atom. The average molecular weight is 396 g/mol. The molecular formula is C15H17Cl3N2O4. The van der Waals surface area contributed by atoms with E-state index in [0.29, 0.717) is 5.56 Å². The van der Waals surface area contributed by atoms with Gasteiger partial charge in [-0.1, -0.05) is 64.6 Å². The number of aliphatic hydroxyl groups is 1. The zero-order valence-electron chi connectivity index (χ0n) is 13.0. The van der Waals surface area contributed by atoms with Crippen LogP contribution in [-0.4, -0.2) is 33.2 Å². The lowest BCUT2D eigenvalue weighted by Gasteiger charge is -2.46. The lowest BCUT2D eigenvalue weighted by molar-refractivity contribution is -0.164. The summed E-state index contributed by atoms with van der Waals surface area (Å²) in [6.45, 7) is 3.58. The van der Waals surface area contributed by atoms with Crippen molar-refractivity contribution < 1.29 is 19.4 Å². The number of rotatable bonds is 3. The fraction of sp³-hybridized carbons (Fsp3) is 0.467. The van der Waals surface area contributed by atoms with Gasteiger partial charge < -0.3 is 20.5 Å². The SMILES string of the molecule is CCOC(=O)[C@@H]1[C@@H](c2ccc(C)cc2)NC(=O)N[C@@]1(O)C(Cl)(Cl)Cl. The van der Waals surface area contributed by atoms with E-state index < -0.39 is 33.5 Å². The topological polar surface area (TPSA) is 87.7 Å². The predicted molar refractivity (Wildman–Crippen MR) is 91.0 cm³/mol. The number of aryl methyl sites for hydroxylation is 1. The van der Waals surface area contributed by atoms with Gasteiger partial charge in [-0.2, -0.15) is 0 Å². The number of carbonyl (C=O) groups excluding carboxylic acids is 2. The predicted octanol–water partition coefficient (Wildman–Crippen LogP) is 2.59. The molecule has 1 fully saturated rings. The summed E-state index contributed by atoms with van der Waals surface area (Å²) in [5.41, 5.74) is -0.883. The molecule has 6 nitrogen and oxygen atoms in total. The van der Waals surface area contributed by atoms with E-state index in [-0.39, 0.29) is 6.61 Å². The zero-order chi connectivity index (χ0) is 18.1. The summed E-state index contributed by atoms with van der Waals surface area (Å²) in [7, 11) is 0. The third-order valence-electron chi connectivity index (χ3n) is 3.78. The average Bonchev–Trinajstić information content (AvgIpc) is 2.46. The lowest BCUT2D eigenvalue weighted by Crippen LogP contribution is -2.72. The maximum absolute atomic E-state index is 12.5. The van der Waals surface area contributed by atoms with E-state index in [1.165, 1.54) is 0 Å². The number of benzene rings is 1. The second-order valence-electron chi connectivity index (χ2n) is 5.48. The molecule has 9 heteroatoms. The van der Waals surface area contributed by atoms with Gasteiger partial charge in [0.2, 0.25) is 9.52 Å². The molecule has 1 aromatic rings. The van der Waals surface area contributed by atoms with Crippen LogP contribution in [0.4, 0.5) is 4.79 Å². The number of hydrogen-bond acceptors (Lipinski definition) is 4. The van der Waals surface area contributed by atoms with E-state index in [2.05, 4.69) is 10.6 Å². The van der Waals surface area contributed by atoms with Gasteiger partial charge in [0.15, 0.2) is 0 Å². The smallest absolute Gasteiger partial charge is 0.317 e. The van der Waals surface area contributed by atoms with Crippen molar-refractivity contribution in [1.82, 2.24) is 10.6 Å². The lowest BCUT2D eigenvalue weighted by atomic mass is 9.83. The molecule has 2 amide bonds. The fourth-order valence-electron chi connectivity index (χ4n) is 2.59. The number of esters is 1. The van der Waals surface area contributed by atoms with E-state index in [9.17, 15) is 14.7 Å². The molecule has 0 unspecified atom stereocenters. The first-order valence-corrected chi connectivity index (χ1v) is 8.34. The van der Waals surface area contributed by atoms with E-state index in [4.69, 9.17) is 39.5 Å². The standard InChI is InChI=1S/C15H17Cl3N2O4/c1-3-24-12(21)10-11(9-6-4-8(2)5-7-9)19-13(22)20-14(10,23)15(16,17)18/h4-7,10-11,23H,3H2,1-2H3,(H2,19,20,22)/t10-,11+,14-/m0/s1. The first-order chi connectivity index (χ1) is 11.1. The van der Waals surface area contributed by atoms with Crippen molar-refractivity contribution in [2.24, 2.45) is 5.92 Å². The minimum absolute atomic E-state index is 0.0693. The highest BCUT2D eigenvalue weighted by molar-refractivity contribution is 6.68. The Hall–Kier alpha value is -1.21. The molecule has 0 saturated carbocycles. The molecule has 1 aliphatic heterocycles. The molecule has 1 heterocycles. The van der Waals surface area contributed by atoms with Crippen molar-refractivity contribution in [3.63, 3.8) is 0 Å². The molecular weight excluding hydrogens is 379 g/mol. The quantitative estimate of drug-likeness (QED) is 0.542. The molecule has 0 spiro atoms. The number of nitrogens with one attached hydrogen (secondary N) is 2. The third-order valence-corrected chi connectivity index (χ3v) is 4.65. The summed E-state index contributed by atoms with van der Waals surface area (Å²) in [6.07, 6.45) is 0. The molecule has 3 atom stereocenters. The van der Waals surface area contributed by atoms with Gasteiger partial charge in [-0.3, -0.25) is 4.79 Å². The summed E-state index contributed by atoms with van der Waals surface area (Å²) < 4.78 is 2.66. The minimum atomic E-state index is -2.44. The van der Waals surface area contributed by atoms with Crippen LogP contribution >= 0.6 is 34.8 Å². The fourth-order valence-corrected chi connectivity index (χ4v) is 3.08. The number of alkyl halides is 3. The van der Waals surface area contributed by atoms with E-state index in [1.807, 2.05) is 6.92 Å². The second kappa shape index (κ2) is 6.96. The van der Waals surface area contributed by atoms with Crippen LogP contribution in [0.1, 0.15) is 24.1 Å². The molecule has 3 N–H and O–H groups in total. The zero-order valence-corrected chi connectivity index (χ0v) is 15.2. The van der Waals surface area contributed by atoms with Crippen LogP contribution in [0.5, 0.6) is 0 Å². The first kappa shape index (κ1) is 19.1. The molecule has 0 radical (unpaired) electrons. The monoisotopic (exact) mass is 394 g/mol. The van der Waals surface area contributed by atoms with Crippen molar-refractivity contribution >= 4 is 46.8 Å². The Balaban J connectivity index is 2.55. The van der Waals surface area contributed by atoms with Gasteiger partial charge >= 0.3 is 12.0 Å². The summed E-state index contributed by atoms with van der Waals surface area (Å²) in [5.74, 6) is -2.17. The van der Waals surface area contributed by atoms with Crippen LogP contribution in [-0.2, 0) is 9.53 Å². The summed E-state index contributed by atoms with van der Waals surface area (Å²) >= 11 is 17.6. The molecule has 1 aliphatic rings. The Morgan fingerprint density at radius 3 is 2.42 bits per heavy atom. The van der Waals surface area contributed by atoms with Gasteiger partial charge in [-0.05, 0) is 19.4 Å². The van der Waals surface area contributed by atoms with E-state index in [0.717, 1.165) is 5.56 Å². The highest BCUT2D eigenvalue weighted by Crippen LogP contribution is 2.47. The maximum atomic E-state index is 12.5. The van der Waals surface area contributed by atoms with E-state index >= 15 is 0 Å². The molecule has 132 valence electrons. The van der Waals surface area contributed by atoms with Gasteiger partial charge in [-0.25, -0.2) is 4.79 Å². The summed E-state index contributed by atoms with van der Waals surface area (Å²) in [4.78, 5) is 24.5. The van der Waals surface area contributed by atoms with Crippen LogP contribution in [0.3, 0.4) is 0 Å². The van der Waals surface area contributed by atoms with Gasteiger partial charge in [0, 0.05) is 0 Å². The van der Waals surface area contributed by atoms with Gasteiger partial charge in [0.25, 0.3) is 0 Å². The van der Waals surface area contributed by atoms with Crippen molar-refractivity contribution in [2.75, 3.05) is 6.61 Å². The second-order valence-corrected chi connectivity index (χ2v) is 7.76. The summed E-state index contributed by atoms with van der Waals surface area (Å²) in [5, 5.41) is 15.6. The Bertz CT molecular complexity index is 633. The van der Waals surface area contributed by atoms with Crippen LogP contribution in [0.15, 0.2) is 24.3 Å². The molecule has 1 aromatic carbocycles. The molecule has 0 bridgehead atoms. The third kappa shape index (κ3) is 3.57. The van der Waals surface area contributed by atoms with Crippen molar-refractivity contribution in [3.05, 3.63) is 35.4 Å². The molecule has 0 aliphatic carbocycles. The van der Waals surface area contributed by atoms with Crippen molar-refractivity contribution in [2.45, 2.75) is 29.4 Å². The number of urea groups is 1. The maximum Gasteiger partial charge on any atom is 0.317 e. The number of ether oxygens (including phenoxy) is 1. The highest BCUT2D eigenvalue weighted by Gasteiger charge is 2.62. The van der Waals surface area contributed by atoms with Gasteiger partial charge in [0.05, 0.1) is 12.6 Å². The van der Waals surface area contributed by atoms with Crippen LogP contribution in [0, 0.1) is 12.8 Å². The molecule has 1 saturated heterocycles. The van der Waals surface area contributed by atoms with Crippen LogP contribution < -0.4 is 10.6 Å².